The number of benzene rings is 1. The second-order valence-corrected chi connectivity index (χ2v) is 3.97. The van der Waals surface area contributed by atoms with Crippen LogP contribution in [0.4, 0.5) is 0 Å². The van der Waals surface area contributed by atoms with Crippen molar-refractivity contribution in [2.24, 2.45) is 0 Å². The van der Waals surface area contributed by atoms with Gasteiger partial charge in [-0.3, -0.25) is 4.79 Å². The van der Waals surface area contributed by atoms with Crippen LogP contribution in [0.2, 0.25) is 0 Å². The van der Waals surface area contributed by atoms with E-state index in [9.17, 15) is 4.79 Å². The number of rotatable bonds is 3. The van der Waals surface area contributed by atoms with Crippen LogP contribution in [0, 0.1) is 6.92 Å². The Morgan fingerprint density at radius 2 is 1.82 bits per heavy atom. The van der Waals surface area contributed by atoms with Crippen molar-refractivity contribution in [2.75, 3.05) is 0 Å². The summed E-state index contributed by atoms with van der Waals surface area (Å²) in [6, 6.07) is 6.03. The Balaban J connectivity index is 0.00000121. The van der Waals surface area contributed by atoms with Crippen LogP contribution in [0.5, 0.6) is 0 Å². The summed E-state index contributed by atoms with van der Waals surface area (Å²) in [5, 5.41) is 0. The monoisotopic (exact) mass is 232 g/mol. The van der Waals surface area contributed by atoms with E-state index in [4.69, 9.17) is 0 Å². The first-order chi connectivity index (χ1) is 8.04. The molecule has 0 bridgehead atoms. The van der Waals surface area contributed by atoms with Crippen molar-refractivity contribution in [3.63, 3.8) is 0 Å². The molecular weight excluding hydrogens is 208 g/mol. The molecule has 0 unspecified atom stereocenters. The fraction of sp³-hybridized carbons (Fsp3) is 0.438. The summed E-state index contributed by atoms with van der Waals surface area (Å²) >= 11 is 0. The minimum Gasteiger partial charge on any atom is -0.295 e. The van der Waals surface area contributed by atoms with Crippen LogP contribution in [-0.4, -0.2) is 5.78 Å². The van der Waals surface area contributed by atoms with E-state index in [0.29, 0.717) is 0 Å². The lowest BCUT2D eigenvalue weighted by atomic mass is 10.0. The van der Waals surface area contributed by atoms with E-state index in [1.807, 2.05) is 32.9 Å². The van der Waals surface area contributed by atoms with Gasteiger partial charge in [0, 0.05) is 5.56 Å². The first-order valence-corrected chi connectivity index (χ1v) is 6.33. The van der Waals surface area contributed by atoms with Crippen molar-refractivity contribution in [1.82, 2.24) is 0 Å². The highest BCUT2D eigenvalue weighted by Crippen LogP contribution is 2.15. The highest BCUT2D eigenvalue weighted by Gasteiger charge is 2.03. The lowest BCUT2D eigenvalue weighted by Gasteiger charge is -2.04. The van der Waals surface area contributed by atoms with Gasteiger partial charge in [0.2, 0.25) is 0 Å². The van der Waals surface area contributed by atoms with Crippen molar-refractivity contribution in [2.45, 2.75) is 48.0 Å². The van der Waals surface area contributed by atoms with Gasteiger partial charge in [-0.2, -0.15) is 0 Å². The van der Waals surface area contributed by atoms with Crippen molar-refractivity contribution in [1.29, 1.82) is 0 Å². The summed E-state index contributed by atoms with van der Waals surface area (Å²) in [6.07, 6.45) is 3.18. The zero-order valence-electron chi connectivity index (χ0n) is 11.9. The first-order valence-electron chi connectivity index (χ1n) is 6.33. The average molecular weight is 232 g/mol. The molecular formula is C16H24O. The Kier molecular flexibility index (Phi) is 7.20. The molecule has 0 saturated carbocycles. The lowest BCUT2D eigenvalue weighted by Crippen LogP contribution is -1.96. The predicted molar refractivity (Wildman–Crippen MR) is 76.5 cm³/mol. The van der Waals surface area contributed by atoms with E-state index >= 15 is 0 Å². The van der Waals surface area contributed by atoms with E-state index in [0.717, 1.165) is 23.1 Å². The van der Waals surface area contributed by atoms with Gasteiger partial charge in [-0.05, 0) is 44.4 Å². The summed E-state index contributed by atoms with van der Waals surface area (Å²) in [5.74, 6) is 0.136. The molecule has 0 radical (unpaired) electrons. The van der Waals surface area contributed by atoms with E-state index in [-0.39, 0.29) is 5.78 Å². The average Bonchev–Trinajstić information content (AvgIpc) is 2.33. The minimum absolute atomic E-state index is 0.136. The van der Waals surface area contributed by atoms with Crippen LogP contribution in [0.25, 0.3) is 6.08 Å². The van der Waals surface area contributed by atoms with Gasteiger partial charge in [-0.25, -0.2) is 0 Å². The molecule has 0 amide bonds. The normalized spacial score (nSPS) is 10.6. The maximum absolute atomic E-state index is 11.4. The van der Waals surface area contributed by atoms with Gasteiger partial charge in [0.15, 0.2) is 5.78 Å². The number of hydrogen-bond acceptors (Lipinski definition) is 1. The van der Waals surface area contributed by atoms with Crippen molar-refractivity contribution >= 4 is 11.9 Å². The third kappa shape index (κ3) is 4.99. The van der Waals surface area contributed by atoms with Gasteiger partial charge >= 0.3 is 0 Å². The number of Topliss-reactive ketones (excluding diaryl/α,β-unsaturated/α-hetero) is 1. The standard InChI is InChI=1S/C14H18O.C2H6/c1-5-10(2)8-13-7-6-11(3)14(9-13)12(4)15;1-2/h6-9H,5H2,1-4H3;1-2H3/b10-8+;. The Morgan fingerprint density at radius 1 is 1.24 bits per heavy atom. The number of aryl methyl sites for hydroxylation is 1. The van der Waals surface area contributed by atoms with Gasteiger partial charge in [0.25, 0.3) is 0 Å². The molecule has 1 aromatic carbocycles. The summed E-state index contributed by atoms with van der Waals surface area (Å²) in [6.45, 7) is 11.8. The summed E-state index contributed by atoms with van der Waals surface area (Å²) in [4.78, 5) is 11.4. The van der Waals surface area contributed by atoms with Crippen molar-refractivity contribution < 1.29 is 4.79 Å². The van der Waals surface area contributed by atoms with Crippen LogP contribution in [0.1, 0.15) is 62.5 Å². The molecule has 0 N–H and O–H groups in total. The molecule has 1 rings (SSSR count). The molecule has 0 fully saturated rings. The second-order valence-electron chi connectivity index (χ2n) is 3.97. The smallest absolute Gasteiger partial charge is 0.160 e. The predicted octanol–water partition coefficient (Wildman–Crippen LogP) is 5.04. The maximum atomic E-state index is 11.4. The van der Waals surface area contributed by atoms with E-state index in [1.165, 1.54) is 5.57 Å². The quantitative estimate of drug-likeness (QED) is 0.667. The zero-order valence-corrected chi connectivity index (χ0v) is 11.9. The third-order valence-corrected chi connectivity index (χ3v) is 2.61. The van der Waals surface area contributed by atoms with Crippen molar-refractivity contribution in [3.8, 4) is 0 Å². The molecule has 0 aliphatic rings. The van der Waals surface area contributed by atoms with Gasteiger partial charge in [-0.1, -0.05) is 44.6 Å². The maximum Gasteiger partial charge on any atom is 0.160 e. The van der Waals surface area contributed by atoms with Gasteiger partial charge in [-0.15, -0.1) is 0 Å². The molecule has 1 aromatic rings. The van der Waals surface area contributed by atoms with Crippen LogP contribution < -0.4 is 0 Å². The number of ketones is 1. The molecule has 0 saturated heterocycles. The van der Waals surface area contributed by atoms with Gasteiger partial charge < -0.3 is 0 Å². The Hall–Kier alpha value is -1.37. The fourth-order valence-corrected chi connectivity index (χ4v) is 1.50. The number of carbonyl (C=O) groups excluding carboxylic acids is 1. The Labute approximate surface area is 106 Å². The van der Waals surface area contributed by atoms with E-state index in [2.05, 4.69) is 26.0 Å². The molecule has 0 aromatic heterocycles. The highest BCUT2D eigenvalue weighted by atomic mass is 16.1. The van der Waals surface area contributed by atoms with Crippen LogP contribution in [-0.2, 0) is 0 Å². The van der Waals surface area contributed by atoms with Gasteiger partial charge in [0.1, 0.15) is 0 Å². The third-order valence-electron chi connectivity index (χ3n) is 2.61. The van der Waals surface area contributed by atoms with Crippen molar-refractivity contribution in [3.05, 3.63) is 40.5 Å². The Morgan fingerprint density at radius 3 is 2.29 bits per heavy atom. The number of hydrogen-bond donors (Lipinski definition) is 0. The molecule has 17 heavy (non-hydrogen) atoms. The number of allylic oxidation sites excluding steroid dienone is 1. The highest BCUT2D eigenvalue weighted by molar-refractivity contribution is 5.96. The molecule has 94 valence electrons. The first kappa shape index (κ1) is 15.6. The molecule has 0 heterocycles. The largest absolute Gasteiger partial charge is 0.295 e. The topological polar surface area (TPSA) is 17.1 Å². The summed E-state index contributed by atoms with van der Waals surface area (Å²) in [5.41, 5.74) is 4.32. The van der Waals surface area contributed by atoms with Crippen LogP contribution in [0.15, 0.2) is 23.8 Å². The molecule has 1 nitrogen and oxygen atoms in total. The zero-order chi connectivity index (χ0) is 13.4. The molecule has 0 aliphatic carbocycles. The summed E-state index contributed by atoms with van der Waals surface area (Å²) < 4.78 is 0. The lowest BCUT2D eigenvalue weighted by molar-refractivity contribution is 0.101. The molecule has 1 heteroatoms. The molecule has 0 atom stereocenters. The summed E-state index contributed by atoms with van der Waals surface area (Å²) in [7, 11) is 0. The minimum atomic E-state index is 0.136. The van der Waals surface area contributed by atoms with E-state index in [1.54, 1.807) is 6.92 Å². The van der Waals surface area contributed by atoms with Gasteiger partial charge in [0.05, 0.1) is 0 Å². The van der Waals surface area contributed by atoms with E-state index < -0.39 is 0 Å². The molecule has 0 spiro atoms. The number of carbonyl (C=O) groups is 1. The molecule has 0 aliphatic heterocycles. The van der Waals surface area contributed by atoms with Crippen LogP contribution in [0.3, 0.4) is 0 Å². The second kappa shape index (κ2) is 7.83. The SMILES string of the molecule is CC.CC/C(C)=C/c1ccc(C)c(C(C)=O)c1. The van der Waals surface area contributed by atoms with Crippen LogP contribution >= 0.6 is 0 Å². The Bertz CT molecular complexity index is 400. The fourth-order valence-electron chi connectivity index (χ4n) is 1.50.